The van der Waals surface area contributed by atoms with Gasteiger partial charge < -0.3 is 15.0 Å². The molecule has 0 saturated carbocycles. The summed E-state index contributed by atoms with van der Waals surface area (Å²) in [5.74, 6) is 0.0423. The van der Waals surface area contributed by atoms with E-state index in [4.69, 9.17) is 4.74 Å². The topological polar surface area (TPSA) is 58.6 Å². The first-order valence-electron chi connectivity index (χ1n) is 11.0. The minimum atomic E-state index is -0.499. The maximum absolute atomic E-state index is 13.6. The number of aryl methyl sites for hydroxylation is 1. The molecule has 3 aromatic carbocycles. The second-order valence-electron chi connectivity index (χ2n) is 8.18. The number of hydrogen-bond donors (Lipinski definition) is 1. The highest BCUT2D eigenvalue weighted by Gasteiger charge is 2.39. The molecule has 170 valence electrons. The molecular weight excluding hydrogens is 432 g/mol. The van der Waals surface area contributed by atoms with E-state index in [9.17, 15) is 9.59 Å². The summed E-state index contributed by atoms with van der Waals surface area (Å²) >= 11 is 1.47. The van der Waals surface area contributed by atoms with Gasteiger partial charge >= 0.3 is 0 Å². The monoisotopic (exact) mass is 460 g/mol. The normalized spacial score (nSPS) is 16.2. The number of nitrogens with zero attached hydrogens (tertiary/aromatic N) is 1. The van der Waals surface area contributed by atoms with Gasteiger partial charge in [-0.1, -0.05) is 61.5 Å². The third-order valence-electron chi connectivity index (χ3n) is 6.02. The summed E-state index contributed by atoms with van der Waals surface area (Å²) in [6.07, 6.45) is 0. The first-order chi connectivity index (χ1) is 16.0. The molecule has 1 N–H and O–H groups in total. The Hall–Kier alpha value is -3.25. The summed E-state index contributed by atoms with van der Waals surface area (Å²) in [7, 11) is 1.61. The minimum Gasteiger partial charge on any atom is -0.496 e. The lowest BCUT2D eigenvalue weighted by Gasteiger charge is -2.36. The van der Waals surface area contributed by atoms with Crippen LogP contribution in [0.4, 0.5) is 5.69 Å². The van der Waals surface area contributed by atoms with Gasteiger partial charge in [0, 0.05) is 17.0 Å². The molecule has 1 heterocycles. The van der Waals surface area contributed by atoms with Crippen LogP contribution in [0.1, 0.15) is 23.6 Å². The van der Waals surface area contributed by atoms with Crippen LogP contribution in [-0.2, 0) is 22.7 Å². The molecule has 0 unspecified atom stereocenters. The van der Waals surface area contributed by atoms with Gasteiger partial charge in [0.2, 0.25) is 11.8 Å². The highest BCUT2D eigenvalue weighted by atomic mass is 32.2. The number of benzene rings is 3. The molecular formula is C27H28N2O3S. The molecule has 5 nitrogen and oxygen atoms in total. The van der Waals surface area contributed by atoms with E-state index < -0.39 is 11.2 Å². The van der Waals surface area contributed by atoms with Gasteiger partial charge in [0.1, 0.15) is 11.0 Å². The third kappa shape index (κ3) is 4.91. The lowest BCUT2D eigenvalue weighted by molar-refractivity contribution is -0.128. The molecule has 0 radical (unpaired) electrons. The van der Waals surface area contributed by atoms with E-state index in [1.54, 1.807) is 7.11 Å². The second-order valence-corrected chi connectivity index (χ2v) is 9.36. The Labute approximate surface area is 199 Å². The van der Waals surface area contributed by atoms with Crippen molar-refractivity contribution < 1.29 is 14.3 Å². The lowest BCUT2D eigenvalue weighted by Crippen LogP contribution is -2.47. The van der Waals surface area contributed by atoms with Gasteiger partial charge in [-0.25, -0.2) is 0 Å². The maximum atomic E-state index is 13.6. The molecule has 0 bridgehead atoms. The number of anilines is 1. The molecule has 4 rings (SSSR count). The predicted octanol–water partition coefficient (Wildman–Crippen LogP) is 4.96. The molecule has 0 fully saturated rings. The van der Waals surface area contributed by atoms with Gasteiger partial charge in [0.05, 0.1) is 25.3 Å². The fraction of sp³-hybridized carbons (Fsp3) is 0.259. The van der Waals surface area contributed by atoms with Crippen molar-refractivity contribution in [2.24, 2.45) is 5.92 Å². The fourth-order valence-electron chi connectivity index (χ4n) is 4.01. The molecule has 1 aliphatic rings. The summed E-state index contributed by atoms with van der Waals surface area (Å²) < 4.78 is 5.37. The Morgan fingerprint density at radius 2 is 1.70 bits per heavy atom. The van der Waals surface area contributed by atoms with Gasteiger partial charge in [0.15, 0.2) is 0 Å². The van der Waals surface area contributed by atoms with Gasteiger partial charge in [-0.3, -0.25) is 9.59 Å². The molecule has 2 amide bonds. The highest BCUT2D eigenvalue weighted by molar-refractivity contribution is 8.01. The number of rotatable bonds is 7. The molecule has 1 aliphatic heterocycles. The smallest absolute Gasteiger partial charge is 0.241 e. The van der Waals surface area contributed by atoms with Crippen LogP contribution in [-0.4, -0.2) is 24.2 Å². The average Bonchev–Trinajstić information content (AvgIpc) is 2.85. The van der Waals surface area contributed by atoms with Crippen LogP contribution in [0, 0.1) is 12.8 Å². The van der Waals surface area contributed by atoms with Crippen LogP contribution in [0.15, 0.2) is 77.7 Å². The van der Waals surface area contributed by atoms with E-state index in [1.165, 1.54) is 11.8 Å². The molecule has 6 heteroatoms. The summed E-state index contributed by atoms with van der Waals surface area (Å²) in [6, 6.07) is 23.6. The Morgan fingerprint density at radius 3 is 2.45 bits per heavy atom. The molecule has 0 aromatic heterocycles. The lowest BCUT2D eigenvalue weighted by atomic mass is 10.0. The van der Waals surface area contributed by atoms with Crippen molar-refractivity contribution in [2.45, 2.75) is 37.1 Å². The van der Waals surface area contributed by atoms with Crippen LogP contribution in [0.3, 0.4) is 0 Å². The highest BCUT2D eigenvalue weighted by Crippen LogP contribution is 2.42. The van der Waals surface area contributed by atoms with Crippen molar-refractivity contribution in [3.63, 3.8) is 0 Å². The van der Waals surface area contributed by atoms with Crippen molar-refractivity contribution >= 4 is 29.3 Å². The van der Waals surface area contributed by atoms with Crippen LogP contribution in [0.25, 0.3) is 0 Å². The van der Waals surface area contributed by atoms with Gasteiger partial charge in [-0.15, -0.1) is 11.8 Å². The Morgan fingerprint density at radius 1 is 1.03 bits per heavy atom. The van der Waals surface area contributed by atoms with Crippen molar-refractivity contribution in [3.8, 4) is 5.75 Å². The first kappa shape index (κ1) is 22.9. The fourth-order valence-corrected chi connectivity index (χ4v) is 5.29. The van der Waals surface area contributed by atoms with Crippen molar-refractivity contribution in [1.82, 2.24) is 5.32 Å². The van der Waals surface area contributed by atoms with E-state index in [0.717, 1.165) is 33.0 Å². The van der Waals surface area contributed by atoms with Gasteiger partial charge in [0.25, 0.3) is 0 Å². The van der Waals surface area contributed by atoms with Crippen LogP contribution < -0.4 is 15.0 Å². The zero-order valence-corrected chi connectivity index (χ0v) is 19.9. The zero-order valence-electron chi connectivity index (χ0n) is 19.1. The largest absolute Gasteiger partial charge is 0.496 e. The number of hydrogen-bond acceptors (Lipinski definition) is 4. The SMILES string of the molecule is COc1ccccc1CNC(=O)[C@H](C)[C@@H]1Sc2ccccc2N(Cc2ccccc2C)C1=O. The molecule has 2 atom stereocenters. The number of carbonyl (C=O) groups is 2. The van der Waals surface area contributed by atoms with Crippen molar-refractivity contribution in [1.29, 1.82) is 0 Å². The number of nitrogens with one attached hydrogen (secondary N) is 1. The average molecular weight is 461 g/mol. The summed E-state index contributed by atoms with van der Waals surface area (Å²) in [5.41, 5.74) is 4.03. The van der Waals surface area contributed by atoms with Crippen LogP contribution >= 0.6 is 11.8 Å². The number of amides is 2. The maximum Gasteiger partial charge on any atom is 0.241 e. The van der Waals surface area contributed by atoms with E-state index in [0.29, 0.717) is 13.1 Å². The second kappa shape index (κ2) is 10.1. The Bertz CT molecular complexity index is 1160. The van der Waals surface area contributed by atoms with Gasteiger partial charge in [-0.2, -0.15) is 0 Å². The predicted molar refractivity (Wildman–Crippen MR) is 132 cm³/mol. The number of carbonyl (C=O) groups excluding carboxylic acids is 2. The van der Waals surface area contributed by atoms with E-state index in [-0.39, 0.29) is 11.8 Å². The van der Waals surface area contributed by atoms with Crippen LogP contribution in [0.2, 0.25) is 0 Å². The molecule has 0 saturated heterocycles. The summed E-state index contributed by atoms with van der Waals surface area (Å²) in [6.45, 7) is 4.71. The van der Waals surface area contributed by atoms with Crippen molar-refractivity contribution in [3.05, 3.63) is 89.5 Å². The van der Waals surface area contributed by atoms with Gasteiger partial charge in [-0.05, 0) is 36.2 Å². The zero-order chi connectivity index (χ0) is 23.4. The number of fused-ring (bicyclic) bond motifs is 1. The molecule has 0 aliphatic carbocycles. The standard InChI is InChI=1S/C27H28N2O3S/c1-18-10-4-5-12-21(18)17-29-22-13-7-9-15-24(22)33-25(27(29)31)19(2)26(30)28-16-20-11-6-8-14-23(20)32-3/h4-15,19,25H,16-17H2,1-3H3,(H,28,30)/t19-,25+/m1/s1. The first-order valence-corrected chi connectivity index (χ1v) is 11.9. The van der Waals surface area contributed by atoms with E-state index >= 15 is 0 Å². The van der Waals surface area contributed by atoms with E-state index in [1.807, 2.05) is 78.6 Å². The Kier molecular flexibility index (Phi) is 7.04. The molecule has 3 aromatic rings. The number of methoxy groups -OCH3 is 1. The third-order valence-corrected chi connectivity index (χ3v) is 7.49. The number of ether oxygens (including phenoxy) is 1. The number of thioether (sulfide) groups is 1. The summed E-state index contributed by atoms with van der Waals surface area (Å²) in [5, 5.41) is 2.49. The molecule has 33 heavy (non-hydrogen) atoms. The quantitative estimate of drug-likeness (QED) is 0.541. The molecule has 0 spiro atoms. The van der Waals surface area contributed by atoms with Crippen LogP contribution in [0.5, 0.6) is 5.75 Å². The number of para-hydroxylation sites is 2. The van der Waals surface area contributed by atoms with Crippen molar-refractivity contribution in [2.75, 3.05) is 12.0 Å². The summed E-state index contributed by atoms with van der Waals surface area (Å²) in [4.78, 5) is 29.5. The minimum absolute atomic E-state index is 0.0399. The van der Waals surface area contributed by atoms with E-state index in [2.05, 4.69) is 18.3 Å². The Balaban J connectivity index is 1.54.